The molecule has 0 aliphatic carbocycles. The molecule has 0 radical (unpaired) electrons. The summed E-state index contributed by atoms with van der Waals surface area (Å²) in [5.74, 6) is 0.301. The van der Waals surface area contributed by atoms with Gasteiger partial charge in [-0.25, -0.2) is 4.79 Å². The van der Waals surface area contributed by atoms with Gasteiger partial charge in [-0.1, -0.05) is 24.3 Å². The first kappa shape index (κ1) is 12.8. The van der Waals surface area contributed by atoms with Crippen molar-refractivity contribution in [3.05, 3.63) is 61.2 Å². The summed E-state index contributed by atoms with van der Waals surface area (Å²) in [6.45, 7) is 0. The van der Waals surface area contributed by atoms with E-state index in [0.29, 0.717) is 11.3 Å². The highest BCUT2D eigenvalue weighted by atomic mass is 127. The molecule has 0 saturated carbocycles. The third-order valence-electron chi connectivity index (χ3n) is 2.12. The first-order chi connectivity index (χ1) is 8.18. The summed E-state index contributed by atoms with van der Waals surface area (Å²) >= 11 is 4.31. The average Bonchev–Trinajstić information content (AvgIpc) is 2.35. The van der Waals surface area contributed by atoms with Crippen LogP contribution in [0.4, 0.5) is 0 Å². The molecule has 4 heteroatoms. The molecule has 0 fully saturated rings. The molecule has 2 aromatic rings. The van der Waals surface area contributed by atoms with E-state index >= 15 is 0 Å². The van der Waals surface area contributed by atoms with E-state index in [2.05, 4.69) is 45.2 Å². The molecule has 2 aromatic carbocycles. The summed E-state index contributed by atoms with van der Waals surface area (Å²) in [6, 6.07) is 14.7. The quantitative estimate of drug-likeness (QED) is 0.391. The summed E-state index contributed by atoms with van der Waals surface area (Å²) in [4.78, 5) is 11.9. The lowest BCUT2D eigenvalue weighted by atomic mass is 10.2. The first-order valence-corrected chi connectivity index (χ1v) is 7.05. The van der Waals surface area contributed by atoms with Crippen LogP contribution in [0.15, 0.2) is 48.5 Å². The Bertz CT molecular complexity index is 518. The average molecular weight is 450 g/mol. The number of halogens is 2. The maximum atomic E-state index is 11.9. The zero-order chi connectivity index (χ0) is 12.3. The molecule has 0 atom stereocenters. The molecular weight excluding hydrogens is 442 g/mol. The number of carbonyl (C=O) groups is 1. The SMILES string of the molecule is O=C(Oc1c(I)cccc1I)c1ccccc1. The van der Waals surface area contributed by atoms with Gasteiger partial charge in [-0.15, -0.1) is 0 Å². The molecule has 2 nitrogen and oxygen atoms in total. The zero-order valence-corrected chi connectivity index (χ0v) is 13.0. The predicted octanol–water partition coefficient (Wildman–Crippen LogP) is 4.12. The van der Waals surface area contributed by atoms with Crippen LogP contribution in [-0.2, 0) is 0 Å². The Morgan fingerprint density at radius 2 is 1.47 bits per heavy atom. The number of ether oxygens (including phenoxy) is 1. The molecule has 0 saturated heterocycles. The van der Waals surface area contributed by atoms with Crippen LogP contribution in [0.2, 0.25) is 0 Å². The van der Waals surface area contributed by atoms with Gasteiger partial charge in [0.2, 0.25) is 0 Å². The molecule has 17 heavy (non-hydrogen) atoms. The second kappa shape index (κ2) is 5.81. The highest BCUT2D eigenvalue weighted by molar-refractivity contribution is 14.1. The van der Waals surface area contributed by atoms with Crippen LogP contribution in [-0.4, -0.2) is 5.97 Å². The lowest BCUT2D eigenvalue weighted by Crippen LogP contribution is -2.10. The van der Waals surface area contributed by atoms with E-state index in [1.165, 1.54) is 0 Å². The van der Waals surface area contributed by atoms with Crippen molar-refractivity contribution in [3.8, 4) is 5.75 Å². The Morgan fingerprint density at radius 1 is 0.882 bits per heavy atom. The molecule has 0 aliphatic rings. The Hall–Kier alpha value is -0.630. The lowest BCUT2D eigenvalue weighted by Gasteiger charge is -2.08. The summed E-state index contributed by atoms with van der Waals surface area (Å²) in [5.41, 5.74) is 0.558. The summed E-state index contributed by atoms with van der Waals surface area (Å²) < 4.78 is 7.27. The van der Waals surface area contributed by atoms with Gasteiger partial charge in [-0.2, -0.15) is 0 Å². The number of hydrogen-bond donors (Lipinski definition) is 0. The van der Waals surface area contributed by atoms with Crippen LogP contribution in [0.25, 0.3) is 0 Å². The van der Waals surface area contributed by atoms with Crippen molar-refractivity contribution in [1.29, 1.82) is 0 Å². The number of benzene rings is 2. The van der Waals surface area contributed by atoms with Crippen LogP contribution < -0.4 is 4.74 Å². The minimum Gasteiger partial charge on any atom is -0.421 e. The van der Waals surface area contributed by atoms with Gasteiger partial charge in [-0.05, 0) is 69.4 Å². The van der Waals surface area contributed by atoms with Gasteiger partial charge in [0, 0.05) is 0 Å². The highest BCUT2D eigenvalue weighted by Crippen LogP contribution is 2.27. The summed E-state index contributed by atoms with van der Waals surface area (Å²) in [6.07, 6.45) is 0. The van der Waals surface area contributed by atoms with Gasteiger partial charge in [0.15, 0.2) is 5.75 Å². The van der Waals surface area contributed by atoms with Crippen molar-refractivity contribution < 1.29 is 9.53 Å². The summed E-state index contributed by atoms with van der Waals surface area (Å²) in [5, 5.41) is 0. The summed E-state index contributed by atoms with van der Waals surface area (Å²) in [7, 11) is 0. The Morgan fingerprint density at radius 3 is 2.06 bits per heavy atom. The van der Waals surface area contributed by atoms with Crippen molar-refractivity contribution in [3.63, 3.8) is 0 Å². The largest absolute Gasteiger partial charge is 0.421 e. The molecule has 0 bridgehead atoms. The van der Waals surface area contributed by atoms with Gasteiger partial charge in [0.1, 0.15) is 0 Å². The molecule has 86 valence electrons. The van der Waals surface area contributed by atoms with Gasteiger partial charge in [-0.3, -0.25) is 0 Å². The van der Waals surface area contributed by atoms with Crippen molar-refractivity contribution in [1.82, 2.24) is 0 Å². The fourth-order valence-corrected chi connectivity index (χ4v) is 3.04. The Labute approximate surface area is 127 Å². The fourth-order valence-electron chi connectivity index (χ4n) is 1.31. The second-order valence-corrected chi connectivity index (χ2v) is 5.63. The standard InChI is InChI=1S/C13H8I2O2/c14-10-7-4-8-11(15)12(10)17-13(16)9-5-2-1-3-6-9/h1-8H. The van der Waals surface area contributed by atoms with Crippen LogP contribution in [0.3, 0.4) is 0 Å². The smallest absolute Gasteiger partial charge is 0.343 e. The molecule has 0 amide bonds. The first-order valence-electron chi connectivity index (χ1n) is 4.90. The molecule has 0 N–H and O–H groups in total. The van der Waals surface area contributed by atoms with E-state index < -0.39 is 0 Å². The minimum absolute atomic E-state index is 0.326. The topological polar surface area (TPSA) is 26.3 Å². The molecule has 0 aliphatic heterocycles. The zero-order valence-electron chi connectivity index (χ0n) is 8.69. The Balaban J connectivity index is 2.25. The molecule has 0 unspecified atom stereocenters. The monoisotopic (exact) mass is 450 g/mol. The number of carbonyl (C=O) groups excluding carboxylic acids is 1. The van der Waals surface area contributed by atoms with E-state index in [1.807, 2.05) is 36.4 Å². The maximum absolute atomic E-state index is 11.9. The van der Waals surface area contributed by atoms with E-state index in [1.54, 1.807) is 12.1 Å². The minimum atomic E-state index is -0.326. The molecule has 2 rings (SSSR count). The number of esters is 1. The number of hydrogen-bond acceptors (Lipinski definition) is 2. The van der Waals surface area contributed by atoms with E-state index in [4.69, 9.17) is 4.74 Å². The highest BCUT2D eigenvalue weighted by Gasteiger charge is 2.12. The van der Waals surface area contributed by atoms with Crippen LogP contribution in [0.5, 0.6) is 5.75 Å². The predicted molar refractivity (Wildman–Crippen MR) is 83.3 cm³/mol. The number of rotatable bonds is 2. The lowest BCUT2D eigenvalue weighted by molar-refractivity contribution is 0.0732. The van der Waals surface area contributed by atoms with Gasteiger partial charge in [0.05, 0.1) is 12.7 Å². The molecule has 0 heterocycles. The van der Waals surface area contributed by atoms with Crippen LogP contribution >= 0.6 is 45.2 Å². The van der Waals surface area contributed by atoms with Gasteiger partial charge in [0.25, 0.3) is 0 Å². The normalized spacial score (nSPS) is 10.0. The van der Waals surface area contributed by atoms with Crippen molar-refractivity contribution in [2.24, 2.45) is 0 Å². The van der Waals surface area contributed by atoms with E-state index in [0.717, 1.165) is 7.14 Å². The van der Waals surface area contributed by atoms with Crippen LogP contribution in [0, 0.1) is 7.14 Å². The number of para-hydroxylation sites is 1. The molecule has 0 spiro atoms. The van der Waals surface area contributed by atoms with Crippen molar-refractivity contribution >= 4 is 51.2 Å². The second-order valence-electron chi connectivity index (χ2n) is 3.31. The molecule has 0 aromatic heterocycles. The van der Waals surface area contributed by atoms with Gasteiger partial charge < -0.3 is 4.74 Å². The van der Waals surface area contributed by atoms with Crippen LogP contribution in [0.1, 0.15) is 10.4 Å². The third-order valence-corrected chi connectivity index (χ3v) is 3.82. The fraction of sp³-hybridized carbons (Fsp3) is 0. The van der Waals surface area contributed by atoms with Crippen molar-refractivity contribution in [2.75, 3.05) is 0 Å². The van der Waals surface area contributed by atoms with E-state index in [9.17, 15) is 4.79 Å². The Kier molecular flexibility index (Phi) is 4.38. The van der Waals surface area contributed by atoms with E-state index in [-0.39, 0.29) is 5.97 Å². The third kappa shape index (κ3) is 3.19. The maximum Gasteiger partial charge on any atom is 0.343 e. The molecular formula is C13H8I2O2. The van der Waals surface area contributed by atoms with Gasteiger partial charge >= 0.3 is 5.97 Å². The van der Waals surface area contributed by atoms with Crippen molar-refractivity contribution in [2.45, 2.75) is 0 Å².